The normalized spacial score (nSPS) is 19.9. The minimum atomic E-state index is -0.630. The molecule has 1 amide bonds. The van der Waals surface area contributed by atoms with E-state index in [-0.39, 0.29) is 5.91 Å². The van der Waals surface area contributed by atoms with E-state index in [2.05, 4.69) is 74.5 Å². The number of anilines is 1. The number of fused-ring (bicyclic) bond motifs is 1. The van der Waals surface area contributed by atoms with E-state index in [1.54, 1.807) is 0 Å². The zero-order valence-electron chi connectivity index (χ0n) is 31.6. The Balaban J connectivity index is 1.17. The number of benzene rings is 6. The van der Waals surface area contributed by atoms with Crippen LogP contribution in [0.3, 0.4) is 0 Å². The van der Waals surface area contributed by atoms with E-state index in [4.69, 9.17) is 15.0 Å². The molecule has 6 heteroatoms. The molecule has 2 aliphatic rings. The van der Waals surface area contributed by atoms with Crippen LogP contribution in [0.15, 0.2) is 170 Å². The molecule has 2 atom stereocenters. The van der Waals surface area contributed by atoms with Gasteiger partial charge >= 0.3 is 0 Å². The standard InChI is InChI=1S/C50H42N4O2/c1-49-30-14-15-31-50(49,2)48(56)54(44(49)33-55)43-32-39(28-29-42(43)41-23-13-12-22-40(41)35-16-6-3-7-17-35)34-24-26-38(27-25-34)47-52-45(36-18-8-4-9-19-36)51-46(53-47)37-20-10-5-11-21-37/h3-13,16-29,32-33,55H,14-15,30-31H2,1-2H3/b44-33+. The van der Waals surface area contributed by atoms with Crippen molar-refractivity contribution in [2.75, 3.05) is 4.90 Å². The molecule has 0 radical (unpaired) electrons. The SMILES string of the molecule is CC12CCCCC1(C)/C(=C\O)N(c1cc(-c3ccc(-c4nc(-c5ccccc5)nc(-c5ccccc5)n4)cc3)ccc1-c1ccccc1-c1ccccc1)C2=O. The molecule has 0 spiro atoms. The number of nitrogens with zero attached hydrogens (tertiary/aromatic N) is 4. The van der Waals surface area contributed by atoms with Gasteiger partial charge in [0.25, 0.3) is 0 Å². The zero-order chi connectivity index (χ0) is 38.3. The molecular weight excluding hydrogens is 689 g/mol. The van der Waals surface area contributed by atoms with Crippen LogP contribution < -0.4 is 4.90 Å². The molecule has 1 aromatic heterocycles. The third-order valence-corrected chi connectivity index (χ3v) is 12.1. The Morgan fingerprint density at radius 3 is 1.50 bits per heavy atom. The van der Waals surface area contributed by atoms with Crippen LogP contribution in [0.1, 0.15) is 39.5 Å². The molecule has 274 valence electrons. The van der Waals surface area contributed by atoms with Crippen LogP contribution >= 0.6 is 0 Å². The number of carbonyl (C=O) groups excluding carboxylic acids is 1. The van der Waals surface area contributed by atoms with E-state index in [9.17, 15) is 9.90 Å². The number of hydrogen-bond donors (Lipinski definition) is 1. The Kier molecular flexibility index (Phi) is 8.89. The Morgan fingerprint density at radius 2 is 0.946 bits per heavy atom. The minimum absolute atomic E-state index is 0.0317. The highest BCUT2D eigenvalue weighted by Crippen LogP contribution is 2.62. The van der Waals surface area contributed by atoms with Crippen LogP contribution in [0.4, 0.5) is 5.69 Å². The smallest absolute Gasteiger partial charge is 0.238 e. The van der Waals surface area contributed by atoms with Gasteiger partial charge in [-0.15, -0.1) is 0 Å². The van der Waals surface area contributed by atoms with E-state index in [0.29, 0.717) is 23.2 Å². The van der Waals surface area contributed by atoms with Gasteiger partial charge in [-0.05, 0) is 53.6 Å². The van der Waals surface area contributed by atoms with Crippen LogP contribution in [0.2, 0.25) is 0 Å². The fourth-order valence-corrected chi connectivity index (χ4v) is 8.77. The van der Waals surface area contributed by atoms with Gasteiger partial charge in [0.15, 0.2) is 17.5 Å². The molecule has 1 saturated heterocycles. The molecular formula is C50H42N4O2. The van der Waals surface area contributed by atoms with E-state index < -0.39 is 10.8 Å². The number of aromatic nitrogens is 3. The van der Waals surface area contributed by atoms with Crippen LogP contribution in [0.25, 0.3) is 67.5 Å². The molecule has 2 unspecified atom stereocenters. The largest absolute Gasteiger partial charge is 0.514 e. The second kappa shape index (κ2) is 14.2. The van der Waals surface area contributed by atoms with Gasteiger partial charge in [-0.25, -0.2) is 15.0 Å². The van der Waals surface area contributed by atoms with Crippen molar-refractivity contribution in [2.24, 2.45) is 10.8 Å². The van der Waals surface area contributed by atoms with Crippen LogP contribution in [0, 0.1) is 10.8 Å². The van der Waals surface area contributed by atoms with Crippen molar-refractivity contribution in [2.45, 2.75) is 39.5 Å². The number of aliphatic hydroxyl groups excluding tert-OH is 1. The second-order valence-electron chi connectivity index (χ2n) is 15.3. The lowest BCUT2D eigenvalue weighted by Crippen LogP contribution is -2.41. The lowest BCUT2D eigenvalue weighted by atomic mass is 9.58. The Labute approximate surface area is 327 Å². The predicted molar refractivity (Wildman–Crippen MR) is 225 cm³/mol. The molecule has 7 aromatic rings. The number of carbonyl (C=O) groups is 1. The third kappa shape index (κ3) is 5.89. The summed E-state index contributed by atoms with van der Waals surface area (Å²) in [5.74, 6) is 1.84. The van der Waals surface area contributed by atoms with Gasteiger partial charge < -0.3 is 5.11 Å². The average molecular weight is 731 g/mol. The van der Waals surface area contributed by atoms with E-state index in [1.165, 1.54) is 6.26 Å². The first-order valence-electron chi connectivity index (χ1n) is 19.3. The van der Waals surface area contributed by atoms with Crippen molar-refractivity contribution >= 4 is 11.6 Å². The van der Waals surface area contributed by atoms with E-state index >= 15 is 0 Å². The summed E-state index contributed by atoms with van der Waals surface area (Å²) >= 11 is 0. The number of aliphatic hydroxyl groups is 1. The first-order valence-corrected chi connectivity index (χ1v) is 19.3. The lowest BCUT2D eigenvalue weighted by Gasteiger charge is -2.42. The highest BCUT2D eigenvalue weighted by molar-refractivity contribution is 6.09. The van der Waals surface area contributed by atoms with Gasteiger partial charge in [0, 0.05) is 27.7 Å². The van der Waals surface area contributed by atoms with Crippen molar-refractivity contribution in [3.8, 4) is 67.5 Å². The van der Waals surface area contributed by atoms with Crippen molar-refractivity contribution in [1.82, 2.24) is 15.0 Å². The summed E-state index contributed by atoms with van der Waals surface area (Å²) in [6, 6.07) is 53.2. The maximum atomic E-state index is 14.8. The molecule has 56 heavy (non-hydrogen) atoms. The summed E-state index contributed by atoms with van der Waals surface area (Å²) in [6.45, 7) is 4.24. The van der Waals surface area contributed by atoms with Crippen molar-refractivity contribution in [3.05, 3.63) is 170 Å². The molecule has 0 bridgehead atoms. The van der Waals surface area contributed by atoms with E-state index in [0.717, 1.165) is 81.4 Å². The number of amides is 1. The lowest BCUT2D eigenvalue weighted by molar-refractivity contribution is -0.130. The van der Waals surface area contributed by atoms with Crippen LogP contribution in [-0.4, -0.2) is 26.0 Å². The summed E-state index contributed by atoms with van der Waals surface area (Å²) < 4.78 is 0. The molecule has 6 aromatic carbocycles. The van der Waals surface area contributed by atoms with E-state index in [1.807, 2.05) is 102 Å². The molecule has 2 heterocycles. The van der Waals surface area contributed by atoms with Crippen LogP contribution in [-0.2, 0) is 4.79 Å². The molecule has 1 N–H and O–H groups in total. The summed E-state index contributed by atoms with van der Waals surface area (Å²) in [5, 5.41) is 11.0. The van der Waals surface area contributed by atoms with Gasteiger partial charge in [0.05, 0.1) is 23.1 Å². The first kappa shape index (κ1) is 35.1. The second-order valence-corrected chi connectivity index (χ2v) is 15.3. The molecule has 2 fully saturated rings. The summed E-state index contributed by atoms with van der Waals surface area (Å²) in [7, 11) is 0. The van der Waals surface area contributed by atoms with Crippen LogP contribution in [0.5, 0.6) is 0 Å². The van der Waals surface area contributed by atoms with Gasteiger partial charge in [-0.3, -0.25) is 9.69 Å². The van der Waals surface area contributed by atoms with Gasteiger partial charge in [-0.1, -0.05) is 171 Å². The monoisotopic (exact) mass is 730 g/mol. The minimum Gasteiger partial charge on any atom is -0.514 e. The fourth-order valence-electron chi connectivity index (χ4n) is 8.77. The Morgan fingerprint density at radius 1 is 0.500 bits per heavy atom. The highest BCUT2D eigenvalue weighted by Gasteiger charge is 2.62. The molecule has 9 rings (SSSR count). The van der Waals surface area contributed by atoms with Gasteiger partial charge in [-0.2, -0.15) is 0 Å². The number of hydrogen-bond acceptors (Lipinski definition) is 5. The molecule has 1 aliphatic heterocycles. The first-order chi connectivity index (χ1) is 27.4. The van der Waals surface area contributed by atoms with Gasteiger partial charge in [0.1, 0.15) is 0 Å². The summed E-state index contributed by atoms with van der Waals surface area (Å²) in [4.78, 5) is 31.4. The highest BCUT2D eigenvalue weighted by atomic mass is 16.2. The number of allylic oxidation sites excluding steroid dienone is 1. The Bertz CT molecular complexity index is 2530. The maximum absolute atomic E-state index is 14.8. The molecule has 1 aliphatic carbocycles. The van der Waals surface area contributed by atoms with Gasteiger partial charge in [0.2, 0.25) is 5.91 Å². The molecule has 6 nitrogen and oxygen atoms in total. The third-order valence-electron chi connectivity index (χ3n) is 12.1. The van der Waals surface area contributed by atoms with Crippen molar-refractivity contribution in [1.29, 1.82) is 0 Å². The molecule has 1 saturated carbocycles. The average Bonchev–Trinajstić information content (AvgIpc) is 3.45. The fraction of sp³-hybridized carbons (Fsp3) is 0.160. The van der Waals surface area contributed by atoms with Crippen molar-refractivity contribution in [3.63, 3.8) is 0 Å². The van der Waals surface area contributed by atoms with Crippen molar-refractivity contribution < 1.29 is 9.90 Å². The Hall–Kier alpha value is -6.66. The number of rotatable bonds is 7. The zero-order valence-corrected chi connectivity index (χ0v) is 31.6. The summed E-state index contributed by atoms with van der Waals surface area (Å²) in [6.07, 6.45) is 4.81. The summed E-state index contributed by atoms with van der Waals surface area (Å²) in [5.41, 5.74) is 9.04. The predicted octanol–water partition coefficient (Wildman–Crippen LogP) is 12.2. The quantitative estimate of drug-likeness (QED) is 0.165. The topological polar surface area (TPSA) is 79.2 Å². The maximum Gasteiger partial charge on any atom is 0.238 e.